The minimum Gasteiger partial charge on any atom is -0.494 e. The van der Waals surface area contributed by atoms with E-state index in [9.17, 15) is 9.59 Å². The van der Waals surface area contributed by atoms with Crippen LogP contribution in [0.4, 0.5) is 0 Å². The third-order valence-corrected chi connectivity index (χ3v) is 4.74. The highest BCUT2D eigenvalue weighted by Gasteiger charge is 2.00. The zero-order valence-electron chi connectivity index (χ0n) is 16.9. The second kappa shape index (κ2) is 10.1. The van der Waals surface area contributed by atoms with E-state index in [2.05, 4.69) is 14.9 Å². The van der Waals surface area contributed by atoms with Gasteiger partial charge in [0.1, 0.15) is 16.4 Å². The summed E-state index contributed by atoms with van der Waals surface area (Å²) >= 11 is 6.12. The quantitative estimate of drug-likeness (QED) is 0.565. The topological polar surface area (TPSA) is 78.2 Å². The van der Waals surface area contributed by atoms with Crippen LogP contribution in [-0.4, -0.2) is 42.1 Å². The number of halogens is 1. The lowest BCUT2D eigenvalue weighted by Crippen LogP contribution is -2.46. The van der Waals surface area contributed by atoms with Gasteiger partial charge in [-0.05, 0) is 62.0 Å². The van der Waals surface area contributed by atoms with Crippen LogP contribution >= 0.6 is 11.6 Å². The highest BCUT2D eigenvalue weighted by molar-refractivity contribution is 6.32. The van der Waals surface area contributed by atoms with Gasteiger partial charge < -0.3 is 19.6 Å². The molecular formula is C23H24ClN3O3. The summed E-state index contributed by atoms with van der Waals surface area (Å²) in [6.07, 6.45) is 4.11. The standard InChI is InChI=1S/C23H24ClN3O3/c1-27(2)12-5-13-30-18-10-8-16(9-11-18)14-20-22(28)26-21(23(29)25-20)15-17-6-3-4-7-19(17)24/h3-4,6-11,14-15H,5,12-13H2,1-2H3,(H,25,29)(H,26,28). The van der Waals surface area contributed by atoms with Gasteiger partial charge in [-0.25, -0.2) is 0 Å². The lowest BCUT2D eigenvalue weighted by Gasteiger charge is -2.10. The maximum absolute atomic E-state index is 12.4. The number of aromatic amines is 2. The highest BCUT2D eigenvalue weighted by atomic mass is 35.5. The maximum Gasteiger partial charge on any atom is 0.272 e. The first-order valence-electron chi connectivity index (χ1n) is 9.60. The molecule has 0 amide bonds. The van der Waals surface area contributed by atoms with Crippen LogP contribution in [-0.2, 0) is 0 Å². The molecule has 0 bridgehead atoms. The molecule has 0 aliphatic carbocycles. The van der Waals surface area contributed by atoms with E-state index in [-0.39, 0.29) is 10.7 Å². The van der Waals surface area contributed by atoms with Gasteiger partial charge in [-0.3, -0.25) is 9.59 Å². The molecule has 0 saturated carbocycles. The highest BCUT2D eigenvalue weighted by Crippen LogP contribution is 2.14. The van der Waals surface area contributed by atoms with Crippen LogP contribution in [0.25, 0.3) is 12.2 Å². The number of hydrogen-bond acceptors (Lipinski definition) is 4. The first-order chi connectivity index (χ1) is 14.4. The molecule has 156 valence electrons. The molecule has 1 aromatic heterocycles. The first kappa shape index (κ1) is 21.6. The van der Waals surface area contributed by atoms with Crippen molar-refractivity contribution in [2.45, 2.75) is 6.42 Å². The summed E-state index contributed by atoms with van der Waals surface area (Å²) in [5, 5.41) is 0.820. The Kier molecular flexibility index (Phi) is 7.27. The molecule has 2 aromatic carbocycles. The number of ether oxygens (including phenoxy) is 1. The van der Waals surface area contributed by atoms with E-state index < -0.39 is 11.1 Å². The first-order valence-corrected chi connectivity index (χ1v) is 9.98. The Hall–Kier alpha value is -3.09. The van der Waals surface area contributed by atoms with Crippen molar-refractivity contribution in [2.24, 2.45) is 0 Å². The molecule has 0 fully saturated rings. The molecule has 7 heteroatoms. The molecule has 0 unspecified atom stereocenters. The van der Waals surface area contributed by atoms with E-state index in [4.69, 9.17) is 16.3 Å². The molecule has 30 heavy (non-hydrogen) atoms. The Labute approximate surface area is 179 Å². The van der Waals surface area contributed by atoms with E-state index in [0.29, 0.717) is 17.2 Å². The van der Waals surface area contributed by atoms with Crippen molar-refractivity contribution in [3.63, 3.8) is 0 Å². The van der Waals surface area contributed by atoms with Gasteiger partial charge in [0.15, 0.2) is 0 Å². The third kappa shape index (κ3) is 5.95. The number of H-pyrrole nitrogens is 2. The number of nitrogens with one attached hydrogen (secondary N) is 2. The Bertz CT molecular complexity index is 1230. The Morgan fingerprint density at radius 3 is 2.20 bits per heavy atom. The number of aromatic nitrogens is 2. The Morgan fingerprint density at radius 1 is 0.933 bits per heavy atom. The van der Waals surface area contributed by atoms with Crippen LogP contribution in [0.1, 0.15) is 17.5 Å². The van der Waals surface area contributed by atoms with Gasteiger partial charge in [-0.15, -0.1) is 0 Å². The fourth-order valence-corrected chi connectivity index (χ4v) is 3.03. The van der Waals surface area contributed by atoms with Crippen molar-refractivity contribution >= 4 is 23.8 Å². The molecule has 0 radical (unpaired) electrons. The van der Waals surface area contributed by atoms with Gasteiger partial charge >= 0.3 is 0 Å². The molecule has 0 aliphatic heterocycles. The average Bonchev–Trinajstić information content (AvgIpc) is 2.71. The molecular weight excluding hydrogens is 402 g/mol. The molecule has 1 heterocycles. The molecule has 0 aliphatic rings. The second-order valence-corrected chi connectivity index (χ2v) is 7.53. The fourth-order valence-electron chi connectivity index (χ4n) is 2.84. The van der Waals surface area contributed by atoms with E-state index in [1.807, 2.05) is 44.4 Å². The maximum atomic E-state index is 12.4. The molecule has 0 spiro atoms. The van der Waals surface area contributed by atoms with Gasteiger partial charge in [0, 0.05) is 11.6 Å². The van der Waals surface area contributed by atoms with Gasteiger partial charge in [0.2, 0.25) is 0 Å². The van der Waals surface area contributed by atoms with Crippen LogP contribution in [0.3, 0.4) is 0 Å². The zero-order valence-corrected chi connectivity index (χ0v) is 17.7. The summed E-state index contributed by atoms with van der Waals surface area (Å²) < 4.78 is 5.71. The number of nitrogens with zero attached hydrogens (tertiary/aromatic N) is 1. The third-order valence-electron chi connectivity index (χ3n) is 4.40. The lowest BCUT2D eigenvalue weighted by molar-refractivity contribution is 0.281. The van der Waals surface area contributed by atoms with E-state index in [1.54, 1.807) is 30.4 Å². The summed E-state index contributed by atoms with van der Waals surface area (Å²) in [5.41, 5.74) is 0.636. The largest absolute Gasteiger partial charge is 0.494 e. The van der Waals surface area contributed by atoms with Crippen LogP contribution < -0.4 is 26.6 Å². The average molecular weight is 426 g/mol. The monoisotopic (exact) mass is 425 g/mol. The summed E-state index contributed by atoms with van der Waals surface area (Å²) in [6, 6.07) is 14.4. The van der Waals surface area contributed by atoms with Gasteiger partial charge in [-0.2, -0.15) is 0 Å². The van der Waals surface area contributed by atoms with Gasteiger partial charge in [0.05, 0.1) is 6.61 Å². The molecule has 0 saturated heterocycles. The molecule has 0 atom stereocenters. The number of hydrogen-bond donors (Lipinski definition) is 2. The van der Waals surface area contributed by atoms with Crippen molar-refractivity contribution in [1.29, 1.82) is 0 Å². The van der Waals surface area contributed by atoms with Crippen LogP contribution in [0.5, 0.6) is 5.75 Å². The van der Waals surface area contributed by atoms with E-state index >= 15 is 0 Å². The van der Waals surface area contributed by atoms with Gasteiger partial charge in [-0.1, -0.05) is 41.9 Å². The van der Waals surface area contributed by atoms with Gasteiger partial charge in [0.25, 0.3) is 11.1 Å². The minimum atomic E-state index is -0.401. The van der Waals surface area contributed by atoms with Crippen LogP contribution in [0.2, 0.25) is 5.02 Å². The predicted molar refractivity (Wildman–Crippen MR) is 121 cm³/mol. The molecule has 3 rings (SSSR count). The molecule has 3 aromatic rings. The van der Waals surface area contributed by atoms with E-state index in [1.165, 1.54) is 0 Å². The van der Waals surface area contributed by atoms with Crippen molar-refractivity contribution < 1.29 is 4.74 Å². The van der Waals surface area contributed by atoms with E-state index in [0.717, 1.165) is 24.3 Å². The fraction of sp³-hybridized carbons (Fsp3) is 0.217. The second-order valence-electron chi connectivity index (χ2n) is 7.12. The Morgan fingerprint density at radius 2 is 1.57 bits per heavy atom. The van der Waals surface area contributed by atoms with Crippen molar-refractivity contribution in [3.8, 4) is 5.75 Å². The lowest BCUT2D eigenvalue weighted by atomic mass is 10.2. The normalized spacial score (nSPS) is 12.5. The van der Waals surface area contributed by atoms with Crippen LogP contribution in [0.15, 0.2) is 58.1 Å². The number of rotatable bonds is 7. The zero-order chi connectivity index (χ0) is 21.5. The van der Waals surface area contributed by atoms with Crippen molar-refractivity contribution in [3.05, 3.63) is 96.1 Å². The Balaban J connectivity index is 1.81. The number of benzene rings is 2. The molecule has 2 N–H and O–H groups in total. The minimum absolute atomic E-state index is 0.145. The summed E-state index contributed by atoms with van der Waals surface area (Å²) in [5.74, 6) is 0.762. The summed E-state index contributed by atoms with van der Waals surface area (Å²) in [6.45, 7) is 1.60. The smallest absolute Gasteiger partial charge is 0.272 e. The van der Waals surface area contributed by atoms with Crippen LogP contribution in [0, 0.1) is 0 Å². The predicted octanol–water partition coefficient (Wildman–Crippen LogP) is 1.70. The SMILES string of the molecule is CN(C)CCCOc1ccc(C=c2[nH]c(=O)c(=Cc3ccccc3Cl)[nH]c2=O)cc1. The van der Waals surface area contributed by atoms with Crippen molar-refractivity contribution in [2.75, 3.05) is 27.2 Å². The molecule has 6 nitrogen and oxygen atoms in total. The summed E-state index contributed by atoms with van der Waals surface area (Å²) in [7, 11) is 4.05. The summed E-state index contributed by atoms with van der Waals surface area (Å²) in [4.78, 5) is 32.2. The van der Waals surface area contributed by atoms with Crippen molar-refractivity contribution in [1.82, 2.24) is 14.9 Å².